The Bertz CT molecular complexity index is 238. The smallest absolute Gasteiger partial charge is 0.225 e. The van der Waals surface area contributed by atoms with Crippen molar-refractivity contribution < 1.29 is 9.53 Å². The fourth-order valence-corrected chi connectivity index (χ4v) is 2.21. The van der Waals surface area contributed by atoms with Gasteiger partial charge in [-0.3, -0.25) is 4.79 Å². The lowest BCUT2D eigenvalue weighted by Crippen LogP contribution is -2.47. The molecule has 0 aromatic rings. The number of amides is 1. The van der Waals surface area contributed by atoms with Crippen LogP contribution in [-0.2, 0) is 9.53 Å². The third kappa shape index (κ3) is 5.07. The molecule has 0 radical (unpaired) electrons. The molecule has 1 amide bonds. The zero-order valence-corrected chi connectivity index (χ0v) is 11.7. The molecule has 1 heterocycles. The Morgan fingerprint density at radius 2 is 2.06 bits per heavy atom. The Hall–Kier alpha value is -0.570. The molecule has 1 saturated heterocycles. The lowest BCUT2D eigenvalue weighted by atomic mass is 10.0. The molecule has 0 saturated carbocycles. The third-order valence-corrected chi connectivity index (χ3v) is 3.25. The van der Waals surface area contributed by atoms with Crippen LogP contribution < -0.4 is 0 Å². The molecular weight excluding hydrogens is 214 g/mol. The lowest BCUT2D eigenvalue weighted by Gasteiger charge is -2.34. The first kappa shape index (κ1) is 14.5. The summed E-state index contributed by atoms with van der Waals surface area (Å²) < 4.78 is 5.73. The quantitative estimate of drug-likeness (QED) is 0.740. The van der Waals surface area contributed by atoms with Crippen molar-refractivity contribution in [3.63, 3.8) is 0 Å². The van der Waals surface area contributed by atoms with Crippen molar-refractivity contribution in [1.29, 1.82) is 0 Å². The molecule has 0 aliphatic carbocycles. The average Bonchev–Trinajstić information content (AvgIpc) is 2.28. The Morgan fingerprint density at radius 3 is 2.65 bits per heavy atom. The monoisotopic (exact) mass is 241 g/mol. The van der Waals surface area contributed by atoms with Gasteiger partial charge in [-0.05, 0) is 12.3 Å². The van der Waals surface area contributed by atoms with Crippen molar-refractivity contribution in [2.75, 3.05) is 19.7 Å². The molecule has 3 heteroatoms. The van der Waals surface area contributed by atoms with Crippen molar-refractivity contribution in [3.8, 4) is 0 Å². The largest absolute Gasteiger partial charge is 0.375 e. The SMILES string of the molecule is CC(C)CCCC1CN(C(=O)C(C)C)CCO1. The summed E-state index contributed by atoms with van der Waals surface area (Å²) in [5.41, 5.74) is 0. The summed E-state index contributed by atoms with van der Waals surface area (Å²) in [5.74, 6) is 1.12. The summed E-state index contributed by atoms with van der Waals surface area (Å²) in [4.78, 5) is 13.9. The van der Waals surface area contributed by atoms with Crippen LogP contribution in [0.3, 0.4) is 0 Å². The number of nitrogens with zero attached hydrogens (tertiary/aromatic N) is 1. The zero-order chi connectivity index (χ0) is 12.8. The van der Waals surface area contributed by atoms with Gasteiger partial charge in [0.25, 0.3) is 0 Å². The maximum Gasteiger partial charge on any atom is 0.225 e. The van der Waals surface area contributed by atoms with Gasteiger partial charge < -0.3 is 9.64 Å². The summed E-state index contributed by atoms with van der Waals surface area (Å²) in [6.45, 7) is 10.7. The highest BCUT2D eigenvalue weighted by molar-refractivity contribution is 5.78. The first-order valence-corrected chi connectivity index (χ1v) is 6.91. The van der Waals surface area contributed by atoms with Crippen molar-refractivity contribution in [2.45, 2.75) is 53.1 Å². The van der Waals surface area contributed by atoms with E-state index in [0.717, 1.165) is 25.4 Å². The summed E-state index contributed by atoms with van der Waals surface area (Å²) in [6, 6.07) is 0. The van der Waals surface area contributed by atoms with Gasteiger partial charge in [0, 0.05) is 19.0 Å². The van der Waals surface area contributed by atoms with Gasteiger partial charge in [0.1, 0.15) is 0 Å². The lowest BCUT2D eigenvalue weighted by molar-refractivity contribution is -0.142. The number of carbonyl (C=O) groups excluding carboxylic acids is 1. The van der Waals surface area contributed by atoms with E-state index in [4.69, 9.17) is 4.74 Å². The summed E-state index contributed by atoms with van der Waals surface area (Å²) in [5, 5.41) is 0. The van der Waals surface area contributed by atoms with E-state index in [1.807, 2.05) is 18.7 Å². The minimum Gasteiger partial charge on any atom is -0.375 e. The van der Waals surface area contributed by atoms with E-state index >= 15 is 0 Å². The van der Waals surface area contributed by atoms with E-state index < -0.39 is 0 Å². The molecule has 1 aliphatic rings. The predicted octanol–water partition coefficient (Wildman–Crippen LogP) is 2.70. The fourth-order valence-electron chi connectivity index (χ4n) is 2.21. The first-order chi connectivity index (χ1) is 8.00. The Morgan fingerprint density at radius 1 is 1.35 bits per heavy atom. The van der Waals surface area contributed by atoms with E-state index in [0.29, 0.717) is 6.61 Å². The minimum atomic E-state index is 0.101. The topological polar surface area (TPSA) is 29.5 Å². The van der Waals surface area contributed by atoms with E-state index in [9.17, 15) is 4.79 Å². The Labute approximate surface area is 106 Å². The number of rotatable bonds is 5. The third-order valence-electron chi connectivity index (χ3n) is 3.25. The summed E-state index contributed by atoms with van der Waals surface area (Å²) >= 11 is 0. The number of ether oxygens (including phenoxy) is 1. The van der Waals surface area contributed by atoms with Crippen LogP contribution in [0.1, 0.15) is 47.0 Å². The van der Waals surface area contributed by atoms with Gasteiger partial charge in [-0.1, -0.05) is 40.5 Å². The van der Waals surface area contributed by atoms with Crippen LogP contribution in [0, 0.1) is 11.8 Å². The Kier molecular flexibility index (Phi) is 5.96. The van der Waals surface area contributed by atoms with E-state index in [1.54, 1.807) is 0 Å². The second kappa shape index (κ2) is 7.00. The van der Waals surface area contributed by atoms with Gasteiger partial charge in [-0.15, -0.1) is 0 Å². The highest BCUT2D eigenvalue weighted by Gasteiger charge is 2.25. The van der Waals surface area contributed by atoms with Crippen LogP contribution >= 0.6 is 0 Å². The fraction of sp³-hybridized carbons (Fsp3) is 0.929. The average molecular weight is 241 g/mol. The molecule has 0 aromatic heterocycles. The molecule has 1 aliphatic heterocycles. The number of hydrogen-bond acceptors (Lipinski definition) is 2. The molecule has 1 rings (SSSR count). The highest BCUT2D eigenvalue weighted by atomic mass is 16.5. The highest BCUT2D eigenvalue weighted by Crippen LogP contribution is 2.16. The van der Waals surface area contributed by atoms with Crippen molar-refractivity contribution in [1.82, 2.24) is 4.90 Å². The molecule has 1 atom stereocenters. The number of carbonyl (C=O) groups is 1. The summed E-state index contributed by atoms with van der Waals surface area (Å²) in [6.07, 6.45) is 3.79. The van der Waals surface area contributed by atoms with Crippen LogP contribution in [0.4, 0.5) is 0 Å². The summed E-state index contributed by atoms with van der Waals surface area (Å²) in [7, 11) is 0. The zero-order valence-electron chi connectivity index (χ0n) is 11.7. The normalized spacial score (nSPS) is 21.3. The van der Waals surface area contributed by atoms with Gasteiger partial charge in [0.15, 0.2) is 0 Å². The van der Waals surface area contributed by atoms with Gasteiger partial charge in [0.2, 0.25) is 5.91 Å². The van der Waals surface area contributed by atoms with E-state index in [2.05, 4.69) is 13.8 Å². The molecule has 0 bridgehead atoms. The molecule has 100 valence electrons. The molecule has 1 unspecified atom stereocenters. The van der Waals surface area contributed by atoms with Gasteiger partial charge in [0.05, 0.1) is 12.7 Å². The maximum atomic E-state index is 11.9. The van der Waals surface area contributed by atoms with Crippen molar-refractivity contribution in [3.05, 3.63) is 0 Å². The van der Waals surface area contributed by atoms with E-state index in [1.165, 1.54) is 12.8 Å². The molecule has 1 fully saturated rings. The first-order valence-electron chi connectivity index (χ1n) is 6.91. The van der Waals surface area contributed by atoms with Crippen LogP contribution in [0.25, 0.3) is 0 Å². The maximum absolute atomic E-state index is 11.9. The minimum absolute atomic E-state index is 0.101. The van der Waals surface area contributed by atoms with E-state index in [-0.39, 0.29) is 17.9 Å². The van der Waals surface area contributed by atoms with Gasteiger partial charge in [-0.25, -0.2) is 0 Å². The van der Waals surface area contributed by atoms with Crippen molar-refractivity contribution >= 4 is 5.91 Å². The molecule has 17 heavy (non-hydrogen) atoms. The second-order valence-corrected chi connectivity index (χ2v) is 5.76. The van der Waals surface area contributed by atoms with Gasteiger partial charge >= 0.3 is 0 Å². The molecule has 0 spiro atoms. The molecule has 0 N–H and O–H groups in total. The predicted molar refractivity (Wildman–Crippen MR) is 69.8 cm³/mol. The van der Waals surface area contributed by atoms with Crippen molar-refractivity contribution in [2.24, 2.45) is 11.8 Å². The Balaban J connectivity index is 2.31. The number of hydrogen-bond donors (Lipinski definition) is 0. The number of morpholine rings is 1. The standard InChI is InChI=1S/C14H27NO2/c1-11(2)6-5-7-13-10-15(8-9-17-13)14(16)12(3)4/h11-13H,5-10H2,1-4H3. The molecule has 3 nitrogen and oxygen atoms in total. The van der Waals surface area contributed by atoms with Crippen LogP contribution in [0.5, 0.6) is 0 Å². The van der Waals surface area contributed by atoms with Gasteiger partial charge in [-0.2, -0.15) is 0 Å². The van der Waals surface area contributed by atoms with Crippen LogP contribution in [0.2, 0.25) is 0 Å². The van der Waals surface area contributed by atoms with Crippen LogP contribution in [0.15, 0.2) is 0 Å². The molecule has 0 aromatic carbocycles. The van der Waals surface area contributed by atoms with Crippen LogP contribution in [-0.4, -0.2) is 36.6 Å². The second-order valence-electron chi connectivity index (χ2n) is 5.76. The molecular formula is C14H27NO2.